The van der Waals surface area contributed by atoms with Crippen LogP contribution < -0.4 is 0 Å². The van der Waals surface area contributed by atoms with E-state index in [1.165, 1.54) is 27.3 Å². The molecule has 0 atom stereocenters. The minimum absolute atomic E-state index is 0.557. The molecule has 0 amide bonds. The van der Waals surface area contributed by atoms with E-state index in [1.807, 2.05) is 24.3 Å². The van der Waals surface area contributed by atoms with Gasteiger partial charge in [0.15, 0.2) is 17.5 Å². The van der Waals surface area contributed by atoms with Gasteiger partial charge in [-0.15, -0.1) is 0 Å². The summed E-state index contributed by atoms with van der Waals surface area (Å²) < 4.78 is 0. The predicted molar refractivity (Wildman–Crippen MR) is 218 cm³/mol. The van der Waals surface area contributed by atoms with E-state index in [4.69, 9.17) is 19.9 Å². The molecule has 0 aliphatic heterocycles. The Morgan fingerprint density at radius 3 is 1.57 bits per heavy atom. The Morgan fingerprint density at radius 1 is 0.333 bits per heavy atom. The number of pyridine rings is 3. The van der Waals surface area contributed by atoms with Gasteiger partial charge in [-0.1, -0.05) is 115 Å². The molecule has 0 spiro atoms. The number of hydrogen-bond donors (Lipinski definition) is 0. The van der Waals surface area contributed by atoms with E-state index in [0.29, 0.717) is 17.5 Å². The molecule has 10 aromatic rings. The van der Waals surface area contributed by atoms with Crippen LogP contribution in [-0.2, 0) is 0 Å². The first kappa shape index (κ1) is 31.3. The van der Waals surface area contributed by atoms with Crippen LogP contribution in [0.5, 0.6) is 0 Å². The molecule has 0 saturated carbocycles. The van der Waals surface area contributed by atoms with Crippen LogP contribution in [-0.4, -0.2) is 29.9 Å². The second-order valence-corrected chi connectivity index (χ2v) is 13.2. The van der Waals surface area contributed by atoms with Crippen molar-refractivity contribution < 1.29 is 0 Å². The van der Waals surface area contributed by atoms with E-state index in [1.54, 1.807) is 24.8 Å². The van der Waals surface area contributed by atoms with Crippen molar-refractivity contribution in [1.82, 2.24) is 29.9 Å². The van der Waals surface area contributed by atoms with Crippen molar-refractivity contribution in [3.05, 3.63) is 183 Å². The van der Waals surface area contributed by atoms with E-state index in [9.17, 15) is 0 Å². The van der Waals surface area contributed by atoms with Crippen LogP contribution in [0.4, 0.5) is 0 Å². The Bertz CT molecular complexity index is 2910. The lowest BCUT2D eigenvalue weighted by Gasteiger charge is -2.14. The van der Waals surface area contributed by atoms with Crippen LogP contribution in [0.1, 0.15) is 0 Å². The van der Waals surface area contributed by atoms with E-state index in [0.717, 1.165) is 55.4 Å². The average Bonchev–Trinajstić information content (AvgIpc) is 3.26. The van der Waals surface area contributed by atoms with Gasteiger partial charge in [0.05, 0.1) is 11.2 Å². The minimum atomic E-state index is 0.557. The first-order chi connectivity index (χ1) is 26.8. The maximum absolute atomic E-state index is 5.21. The minimum Gasteiger partial charge on any atom is -0.264 e. The lowest BCUT2D eigenvalue weighted by molar-refractivity contribution is 1.07. The Morgan fingerprint density at radius 2 is 0.889 bits per heavy atom. The topological polar surface area (TPSA) is 77.3 Å². The monoisotopic (exact) mass is 690 g/mol. The van der Waals surface area contributed by atoms with E-state index >= 15 is 0 Å². The van der Waals surface area contributed by atoms with Gasteiger partial charge in [0, 0.05) is 52.4 Å². The van der Waals surface area contributed by atoms with Crippen molar-refractivity contribution in [2.45, 2.75) is 0 Å². The average molecular weight is 691 g/mol. The molecule has 6 nitrogen and oxygen atoms in total. The molecule has 0 fully saturated rings. The quantitative estimate of drug-likeness (QED) is 0.162. The van der Waals surface area contributed by atoms with Gasteiger partial charge in [0.25, 0.3) is 0 Å². The maximum Gasteiger partial charge on any atom is 0.165 e. The van der Waals surface area contributed by atoms with Gasteiger partial charge < -0.3 is 0 Å². The summed E-state index contributed by atoms with van der Waals surface area (Å²) in [6.07, 6.45) is 7.03. The summed E-state index contributed by atoms with van der Waals surface area (Å²) in [5.74, 6) is 1.70. The number of fused-ring (bicyclic) bond motifs is 4. The Labute approximate surface area is 311 Å². The van der Waals surface area contributed by atoms with E-state index in [2.05, 4.69) is 143 Å². The SMILES string of the molecule is c1ccc(-c2cc(-c3ccc(-c4ccc(-c5nc(-c6cccnc6)nc(-c6cccnc6)n5)c5ccccc45)cc3)nc3ccc4ccccc4c23)cc1. The second kappa shape index (κ2) is 13.3. The third-order valence-corrected chi connectivity index (χ3v) is 9.91. The van der Waals surface area contributed by atoms with Gasteiger partial charge in [0.2, 0.25) is 0 Å². The molecule has 0 saturated heterocycles. The zero-order chi connectivity index (χ0) is 35.8. The summed E-state index contributed by atoms with van der Waals surface area (Å²) in [6.45, 7) is 0. The van der Waals surface area contributed by atoms with Crippen molar-refractivity contribution in [2.75, 3.05) is 0 Å². The first-order valence-electron chi connectivity index (χ1n) is 17.8. The normalized spacial score (nSPS) is 11.3. The molecule has 0 aliphatic carbocycles. The van der Waals surface area contributed by atoms with Crippen LogP contribution in [0.3, 0.4) is 0 Å². The maximum atomic E-state index is 5.21. The first-order valence-corrected chi connectivity index (χ1v) is 17.8. The summed E-state index contributed by atoms with van der Waals surface area (Å²) in [6, 6.07) is 54.8. The lowest BCUT2D eigenvalue weighted by atomic mass is 9.93. The smallest absolute Gasteiger partial charge is 0.165 e. The van der Waals surface area contributed by atoms with Crippen molar-refractivity contribution in [3.8, 4) is 67.7 Å². The molecule has 0 bridgehead atoms. The van der Waals surface area contributed by atoms with E-state index in [-0.39, 0.29) is 0 Å². The van der Waals surface area contributed by atoms with Crippen LogP contribution >= 0.6 is 0 Å². The van der Waals surface area contributed by atoms with Gasteiger partial charge in [-0.3, -0.25) is 9.97 Å². The summed E-state index contributed by atoms with van der Waals surface area (Å²) in [4.78, 5) is 28.6. The molecule has 4 heterocycles. The van der Waals surface area contributed by atoms with Crippen molar-refractivity contribution in [2.24, 2.45) is 0 Å². The Kier molecular flexibility index (Phi) is 7.69. The lowest BCUT2D eigenvalue weighted by Crippen LogP contribution is -2.01. The van der Waals surface area contributed by atoms with E-state index < -0.39 is 0 Å². The van der Waals surface area contributed by atoms with Gasteiger partial charge in [-0.25, -0.2) is 19.9 Å². The molecule has 4 aromatic heterocycles. The highest BCUT2D eigenvalue weighted by Gasteiger charge is 2.17. The molecule has 0 unspecified atom stereocenters. The fourth-order valence-corrected chi connectivity index (χ4v) is 7.31. The van der Waals surface area contributed by atoms with Crippen molar-refractivity contribution in [1.29, 1.82) is 0 Å². The molecule has 0 N–H and O–H groups in total. The van der Waals surface area contributed by atoms with Crippen molar-refractivity contribution >= 4 is 32.4 Å². The second-order valence-electron chi connectivity index (χ2n) is 13.2. The molecule has 6 heteroatoms. The summed E-state index contributed by atoms with van der Waals surface area (Å²) in [5.41, 5.74) is 10.1. The van der Waals surface area contributed by atoms with Gasteiger partial charge >= 0.3 is 0 Å². The highest BCUT2D eigenvalue weighted by molar-refractivity contribution is 6.14. The number of hydrogen-bond acceptors (Lipinski definition) is 6. The number of nitrogens with zero attached hydrogens (tertiary/aromatic N) is 6. The molecule has 0 aliphatic rings. The molecule has 0 radical (unpaired) electrons. The van der Waals surface area contributed by atoms with Gasteiger partial charge in [-0.05, 0) is 86.3 Å². The van der Waals surface area contributed by atoms with Gasteiger partial charge in [-0.2, -0.15) is 0 Å². The zero-order valence-corrected chi connectivity index (χ0v) is 29.0. The third kappa shape index (κ3) is 5.63. The Balaban J connectivity index is 1.07. The van der Waals surface area contributed by atoms with Crippen molar-refractivity contribution in [3.63, 3.8) is 0 Å². The fourth-order valence-electron chi connectivity index (χ4n) is 7.31. The summed E-state index contributed by atoms with van der Waals surface area (Å²) in [5, 5.41) is 5.74. The molecular formula is C48H30N6. The highest BCUT2D eigenvalue weighted by atomic mass is 15.0. The zero-order valence-electron chi connectivity index (χ0n) is 29.0. The molecule has 10 rings (SSSR count). The van der Waals surface area contributed by atoms with Crippen LogP contribution in [0.25, 0.3) is 100 Å². The number of aromatic nitrogens is 6. The van der Waals surface area contributed by atoms with Crippen LogP contribution in [0.15, 0.2) is 183 Å². The standard InChI is InChI=1S/C48H30N6/c1-2-10-31(11-3-1)42-28-44(51-43-25-22-32-12-4-5-15-38(32)45(42)43)34-20-18-33(19-21-34)37-23-24-41(40-17-7-6-16-39(37)40)48-53-46(35-13-8-26-49-29-35)52-47(54-48)36-14-9-27-50-30-36/h1-30H. The molecule has 6 aromatic carbocycles. The third-order valence-electron chi connectivity index (χ3n) is 9.91. The number of benzene rings is 6. The highest BCUT2D eigenvalue weighted by Crippen LogP contribution is 2.39. The van der Waals surface area contributed by atoms with Gasteiger partial charge in [0.1, 0.15) is 0 Å². The summed E-state index contributed by atoms with van der Waals surface area (Å²) in [7, 11) is 0. The Hall–Kier alpha value is -7.44. The predicted octanol–water partition coefficient (Wildman–Crippen LogP) is 11.5. The molecule has 54 heavy (non-hydrogen) atoms. The number of rotatable bonds is 6. The summed E-state index contributed by atoms with van der Waals surface area (Å²) >= 11 is 0. The largest absolute Gasteiger partial charge is 0.264 e. The molecular weight excluding hydrogens is 661 g/mol. The van der Waals surface area contributed by atoms with Crippen LogP contribution in [0, 0.1) is 0 Å². The molecule has 252 valence electrons. The van der Waals surface area contributed by atoms with Crippen LogP contribution in [0.2, 0.25) is 0 Å². The fraction of sp³-hybridized carbons (Fsp3) is 0.